The molecule has 9 heteroatoms. The molecular weight excluding hydrogens is 307 g/mol. The van der Waals surface area contributed by atoms with Gasteiger partial charge in [-0.25, -0.2) is 31.3 Å². The largest absolute Gasteiger partial charge is 0.345 e. The highest BCUT2D eigenvalue weighted by atomic mass is 32.2. The zero-order valence-corrected chi connectivity index (χ0v) is 11.8. The van der Waals surface area contributed by atoms with Crippen LogP contribution in [0.4, 0.5) is 13.2 Å². The van der Waals surface area contributed by atoms with Gasteiger partial charge in [0.2, 0.25) is 10.0 Å². The van der Waals surface area contributed by atoms with Gasteiger partial charge >= 0.3 is 0 Å². The number of benzene rings is 1. The van der Waals surface area contributed by atoms with Crippen molar-refractivity contribution < 1.29 is 21.6 Å². The smallest absolute Gasteiger partial charge is 0.246 e. The molecule has 1 aromatic carbocycles. The number of aromatic amines is 1. The molecule has 0 unspecified atom stereocenters. The summed E-state index contributed by atoms with van der Waals surface area (Å²) in [6, 6.07) is 0.617. The van der Waals surface area contributed by atoms with Gasteiger partial charge in [-0.05, 0) is 0 Å². The topological polar surface area (TPSA) is 74.8 Å². The molecule has 0 saturated carbocycles. The molecule has 1 aromatic heterocycles. The number of sulfonamides is 1. The van der Waals surface area contributed by atoms with Crippen molar-refractivity contribution in [1.82, 2.24) is 14.7 Å². The van der Waals surface area contributed by atoms with E-state index in [1.807, 2.05) is 11.6 Å². The summed E-state index contributed by atoms with van der Waals surface area (Å²) < 4.78 is 65.5. The van der Waals surface area contributed by atoms with Crippen LogP contribution in [0, 0.1) is 17.5 Å². The molecule has 21 heavy (non-hydrogen) atoms. The van der Waals surface area contributed by atoms with Crippen molar-refractivity contribution in [1.29, 1.82) is 0 Å². The van der Waals surface area contributed by atoms with Crippen LogP contribution < -0.4 is 4.72 Å². The van der Waals surface area contributed by atoms with Crippen LogP contribution in [0.25, 0.3) is 0 Å². The molecule has 114 valence electrons. The molecule has 0 bridgehead atoms. The highest BCUT2D eigenvalue weighted by Gasteiger charge is 2.25. The standard InChI is InChI=1S/C12H12F3N3O2S/c1-2-11-16-5-8(18-11)6-17-21(19,20)12-9(14)3-7(13)4-10(12)15/h3-5,17H,2,6H2,1H3,(H,16,18). The fraction of sp³-hybridized carbons (Fsp3) is 0.250. The number of aromatic nitrogens is 2. The third-order valence-electron chi connectivity index (χ3n) is 2.70. The molecule has 0 amide bonds. The molecule has 0 saturated heterocycles. The molecule has 0 aliphatic rings. The van der Waals surface area contributed by atoms with E-state index < -0.39 is 32.4 Å². The Kier molecular flexibility index (Phi) is 4.33. The van der Waals surface area contributed by atoms with Crippen molar-refractivity contribution in [3.8, 4) is 0 Å². The molecule has 5 nitrogen and oxygen atoms in total. The summed E-state index contributed by atoms with van der Waals surface area (Å²) in [5, 5.41) is 0. The van der Waals surface area contributed by atoms with Gasteiger partial charge in [-0.2, -0.15) is 0 Å². The Balaban J connectivity index is 2.23. The number of nitrogens with one attached hydrogen (secondary N) is 2. The molecule has 2 aromatic rings. The number of aryl methyl sites for hydroxylation is 1. The zero-order valence-electron chi connectivity index (χ0n) is 11.0. The summed E-state index contributed by atoms with van der Waals surface area (Å²) in [7, 11) is -4.45. The van der Waals surface area contributed by atoms with Crippen molar-refractivity contribution >= 4 is 10.0 Å². The fourth-order valence-electron chi connectivity index (χ4n) is 1.71. The van der Waals surface area contributed by atoms with Gasteiger partial charge in [-0.3, -0.25) is 0 Å². The van der Waals surface area contributed by atoms with E-state index in [1.54, 1.807) is 0 Å². The molecular formula is C12H12F3N3O2S. The number of hydrogen-bond donors (Lipinski definition) is 2. The van der Waals surface area contributed by atoms with Crippen molar-refractivity contribution in [2.45, 2.75) is 24.8 Å². The van der Waals surface area contributed by atoms with E-state index in [9.17, 15) is 21.6 Å². The lowest BCUT2D eigenvalue weighted by Gasteiger charge is -2.08. The molecule has 0 atom stereocenters. The van der Waals surface area contributed by atoms with Gasteiger partial charge in [0.1, 0.15) is 23.3 Å². The number of halogens is 3. The first-order valence-electron chi connectivity index (χ1n) is 6.00. The number of nitrogens with zero attached hydrogens (tertiary/aromatic N) is 1. The molecule has 1 heterocycles. The molecule has 0 aliphatic carbocycles. The van der Waals surface area contributed by atoms with Crippen LogP contribution in [-0.2, 0) is 23.0 Å². The highest BCUT2D eigenvalue weighted by molar-refractivity contribution is 7.89. The van der Waals surface area contributed by atoms with Crippen LogP contribution in [0.1, 0.15) is 18.4 Å². The van der Waals surface area contributed by atoms with Gasteiger partial charge < -0.3 is 4.98 Å². The van der Waals surface area contributed by atoms with Gasteiger partial charge in [0.15, 0.2) is 4.90 Å². The van der Waals surface area contributed by atoms with Gasteiger partial charge in [-0.1, -0.05) is 6.92 Å². The van der Waals surface area contributed by atoms with Crippen LogP contribution in [0.5, 0.6) is 0 Å². The summed E-state index contributed by atoms with van der Waals surface area (Å²) >= 11 is 0. The van der Waals surface area contributed by atoms with Crippen molar-refractivity contribution in [3.63, 3.8) is 0 Å². The third kappa shape index (κ3) is 3.42. The predicted octanol–water partition coefficient (Wildman–Crippen LogP) is 1.87. The summed E-state index contributed by atoms with van der Waals surface area (Å²) in [6.45, 7) is 1.64. The van der Waals surface area contributed by atoms with Crippen molar-refractivity contribution in [3.05, 3.63) is 47.3 Å². The number of rotatable bonds is 5. The maximum absolute atomic E-state index is 13.5. The average Bonchev–Trinajstić information content (AvgIpc) is 2.82. The van der Waals surface area contributed by atoms with Crippen LogP contribution >= 0.6 is 0 Å². The number of H-pyrrole nitrogens is 1. The fourth-order valence-corrected chi connectivity index (χ4v) is 2.83. The molecule has 0 radical (unpaired) electrons. The van der Waals surface area contributed by atoms with E-state index in [0.29, 0.717) is 30.1 Å². The Labute approximate surface area is 119 Å². The average molecular weight is 319 g/mol. The molecule has 0 fully saturated rings. The van der Waals surface area contributed by atoms with Crippen LogP contribution in [0.3, 0.4) is 0 Å². The van der Waals surface area contributed by atoms with E-state index in [0.717, 1.165) is 0 Å². The quantitative estimate of drug-likeness (QED) is 0.883. The first-order chi connectivity index (χ1) is 9.83. The Morgan fingerprint density at radius 3 is 2.38 bits per heavy atom. The Bertz CT molecular complexity index is 736. The lowest BCUT2D eigenvalue weighted by atomic mass is 10.3. The second kappa shape index (κ2) is 5.86. The van der Waals surface area contributed by atoms with E-state index in [1.165, 1.54) is 6.20 Å². The van der Waals surface area contributed by atoms with Gasteiger partial charge in [0, 0.05) is 30.4 Å². The molecule has 2 rings (SSSR count). The normalized spacial score (nSPS) is 11.8. The van der Waals surface area contributed by atoms with Crippen molar-refractivity contribution in [2.75, 3.05) is 0 Å². The molecule has 0 spiro atoms. The Morgan fingerprint density at radius 2 is 1.86 bits per heavy atom. The maximum Gasteiger partial charge on any atom is 0.246 e. The van der Waals surface area contributed by atoms with Crippen molar-refractivity contribution in [2.24, 2.45) is 0 Å². The summed E-state index contributed by atoms with van der Waals surface area (Å²) in [4.78, 5) is 5.60. The van der Waals surface area contributed by atoms with Crippen LogP contribution in [0.15, 0.2) is 23.2 Å². The summed E-state index contributed by atoms with van der Waals surface area (Å²) in [6.07, 6.45) is 2.05. The van der Waals surface area contributed by atoms with E-state index in [2.05, 4.69) is 9.97 Å². The van der Waals surface area contributed by atoms with E-state index in [4.69, 9.17) is 0 Å². The molecule has 2 N–H and O–H groups in total. The number of imidazole rings is 1. The first-order valence-corrected chi connectivity index (χ1v) is 7.48. The first kappa shape index (κ1) is 15.5. The van der Waals surface area contributed by atoms with Gasteiger partial charge in [-0.15, -0.1) is 0 Å². The lowest BCUT2D eigenvalue weighted by molar-refractivity contribution is 0.493. The number of hydrogen-bond acceptors (Lipinski definition) is 3. The van der Waals surface area contributed by atoms with Crippen LogP contribution in [-0.4, -0.2) is 18.4 Å². The molecule has 0 aliphatic heterocycles. The Morgan fingerprint density at radius 1 is 1.24 bits per heavy atom. The van der Waals surface area contributed by atoms with E-state index in [-0.39, 0.29) is 6.54 Å². The highest BCUT2D eigenvalue weighted by Crippen LogP contribution is 2.20. The predicted molar refractivity (Wildman–Crippen MR) is 68.3 cm³/mol. The third-order valence-corrected chi connectivity index (χ3v) is 4.15. The SMILES string of the molecule is CCc1ncc(CNS(=O)(=O)c2c(F)cc(F)cc2F)[nH]1. The Hall–Kier alpha value is -1.87. The van der Waals surface area contributed by atoms with Gasteiger partial charge in [0.25, 0.3) is 0 Å². The summed E-state index contributed by atoms with van der Waals surface area (Å²) in [5.74, 6) is -3.51. The monoisotopic (exact) mass is 319 g/mol. The minimum Gasteiger partial charge on any atom is -0.345 e. The van der Waals surface area contributed by atoms with E-state index >= 15 is 0 Å². The second-order valence-electron chi connectivity index (χ2n) is 4.23. The van der Waals surface area contributed by atoms with Gasteiger partial charge in [0.05, 0.1) is 6.54 Å². The second-order valence-corrected chi connectivity index (χ2v) is 5.94. The zero-order chi connectivity index (χ0) is 15.6. The lowest BCUT2D eigenvalue weighted by Crippen LogP contribution is -2.25. The van der Waals surface area contributed by atoms with Crippen LogP contribution in [0.2, 0.25) is 0 Å². The minimum absolute atomic E-state index is 0.217. The minimum atomic E-state index is -4.45. The maximum atomic E-state index is 13.5. The summed E-state index contributed by atoms with van der Waals surface area (Å²) in [5.41, 5.74) is 0.443.